The molecule has 0 saturated carbocycles. The summed E-state index contributed by atoms with van der Waals surface area (Å²) in [7, 11) is -3.43. The van der Waals surface area contributed by atoms with E-state index in [2.05, 4.69) is 5.32 Å². The molecule has 2 N–H and O–H groups in total. The van der Waals surface area contributed by atoms with Gasteiger partial charge in [-0.3, -0.25) is 0 Å². The number of carboxylic acid groups (broad SMARTS) is 1. The molecule has 0 spiro atoms. The fraction of sp³-hybridized carbons (Fsp3) is 0.500. The van der Waals surface area contributed by atoms with Crippen molar-refractivity contribution in [2.24, 2.45) is 0 Å². The van der Waals surface area contributed by atoms with E-state index in [1.54, 1.807) is 25.1 Å². The zero-order chi connectivity index (χ0) is 15.5. The van der Waals surface area contributed by atoms with Crippen LogP contribution in [-0.2, 0) is 19.4 Å². The molecule has 1 atom stereocenters. The Morgan fingerprint density at radius 3 is 2.71 bits per heavy atom. The highest BCUT2D eigenvalue weighted by atomic mass is 32.2. The number of hydrogen-bond acceptors (Lipinski definition) is 5. The summed E-state index contributed by atoms with van der Waals surface area (Å²) in [5.74, 6) is -1.01. The van der Waals surface area contributed by atoms with Crippen LogP contribution < -0.4 is 5.32 Å². The summed E-state index contributed by atoms with van der Waals surface area (Å²) >= 11 is 0. The first-order valence-electron chi connectivity index (χ1n) is 6.82. The maximum atomic E-state index is 12.3. The van der Waals surface area contributed by atoms with Gasteiger partial charge in [0.2, 0.25) is 0 Å². The van der Waals surface area contributed by atoms with Crippen molar-refractivity contribution < 1.29 is 23.1 Å². The Morgan fingerprint density at radius 2 is 2.14 bits per heavy atom. The first kappa shape index (κ1) is 15.8. The summed E-state index contributed by atoms with van der Waals surface area (Å²) < 4.78 is 29.7. The van der Waals surface area contributed by atoms with Crippen molar-refractivity contribution in [1.29, 1.82) is 0 Å². The van der Waals surface area contributed by atoms with E-state index >= 15 is 0 Å². The molecule has 0 aromatic heterocycles. The molecule has 1 saturated heterocycles. The number of para-hydroxylation sites is 1. The number of anilines is 1. The van der Waals surface area contributed by atoms with E-state index in [1.807, 2.05) is 0 Å². The third-order valence-corrected chi connectivity index (χ3v) is 5.47. The topological polar surface area (TPSA) is 92.7 Å². The molecule has 7 heteroatoms. The second-order valence-electron chi connectivity index (χ2n) is 5.13. The SMILES string of the molecule is CCCS(=O)(=O)c1ccccc1NC1(C(=O)O)CCOC1. The van der Waals surface area contributed by atoms with E-state index in [1.165, 1.54) is 6.07 Å². The van der Waals surface area contributed by atoms with Gasteiger partial charge in [0.1, 0.15) is 0 Å². The molecular formula is C14H19NO5S. The van der Waals surface area contributed by atoms with E-state index in [0.29, 0.717) is 25.1 Å². The van der Waals surface area contributed by atoms with Crippen molar-refractivity contribution in [3.63, 3.8) is 0 Å². The first-order valence-corrected chi connectivity index (χ1v) is 8.48. The number of rotatable bonds is 6. The number of aliphatic carboxylic acids is 1. The lowest BCUT2D eigenvalue weighted by Gasteiger charge is -2.26. The number of benzene rings is 1. The maximum Gasteiger partial charge on any atom is 0.331 e. The van der Waals surface area contributed by atoms with Gasteiger partial charge in [0, 0.05) is 13.0 Å². The Hall–Kier alpha value is -1.60. The van der Waals surface area contributed by atoms with Gasteiger partial charge in [0.25, 0.3) is 0 Å². The summed E-state index contributed by atoms with van der Waals surface area (Å²) in [5.41, 5.74) is -0.948. The molecule has 116 valence electrons. The average Bonchev–Trinajstić information content (AvgIpc) is 2.89. The Bertz CT molecular complexity index is 620. The van der Waals surface area contributed by atoms with Gasteiger partial charge in [-0.25, -0.2) is 13.2 Å². The molecule has 1 aliphatic rings. The molecule has 2 rings (SSSR count). The molecule has 1 aliphatic heterocycles. The van der Waals surface area contributed by atoms with Gasteiger partial charge in [-0.2, -0.15) is 0 Å². The fourth-order valence-electron chi connectivity index (χ4n) is 2.36. The van der Waals surface area contributed by atoms with Crippen LogP contribution in [0, 0.1) is 0 Å². The summed E-state index contributed by atoms with van der Waals surface area (Å²) in [5, 5.41) is 12.3. The molecule has 21 heavy (non-hydrogen) atoms. The number of carboxylic acids is 1. The Balaban J connectivity index is 2.39. The standard InChI is InChI=1S/C14H19NO5S/c1-2-9-21(18,19)12-6-4-3-5-11(12)15-14(13(16)17)7-8-20-10-14/h3-6,15H,2,7-10H2,1H3,(H,16,17). The van der Waals surface area contributed by atoms with Gasteiger partial charge >= 0.3 is 5.97 Å². The third kappa shape index (κ3) is 3.19. The number of ether oxygens (including phenoxy) is 1. The lowest BCUT2D eigenvalue weighted by Crippen LogP contribution is -2.47. The predicted octanol–water partition coefficient (Wildman–Crippen LogP) is 1.53. The third-order valence-electron chi connectivity index (χ3n) is 3.50. The second kappa shape index (κ2) is 6.03. The van der Waals surface area contributed by atoms with Crippen LogP contribution in [0.4, 0.5) is 5.69 Å². The highest BCUT2D eigenvalue weighted by Gasteiger charge is 2.43. The quantitative estimate of drug-likeness (QED) is 0.827. The van der Waals surface area contributed by atoms with Gasteiger partial charge in [0.15, 0.2) is 15.4 Å². The van der Waals surface area contributed by atoms with Gasteiger partial charge < -0.3 is 15.2 Å². The van der Waals surface area contributed by atoms with Crippen molar-refractivity contribution in [1.82, 2.24) is 0 Å². The van der Waals surface area contributed by atoms with E-state index < -0.39 is 21.3 Å². The van der Waals surface area contributed by atoms with E-state index in [9.17, 15) is 18.3 Å². The zero-order valence-electron chi connectivity index (χ0n) is 11.8. The Labute approximate surface area is 124 Å². The highest BCUT2D eigenvalue weighted by Crippen LogP contribution is 2.29. The normalized spacial score (nSPS) is 22.1. The van der Waals surface area contributed by atoms with Crippen LogP contribution in [-0.4, -0.2) is 44.0 Å². The molecular weight excluding hydrogens is 294 g/mol. The first-order chi connectivity index (χ1) is 9.91. The van der Waals surface area contributed by atoms with Gasteiger partial charge in [-0.1, -0.05) is 19.1 Å². The minimum Gasteiger partial charge on any atom is -0.479 e. The summed E-state index contributed by atoms with van der Waals surface area (Å²) in [6.45, 7) is 2.14. The van der Waals surface area contributed by atoms with Crippen molar-refractivity contribution in [2.45, 2.75) is 30.2 Å². The molecule has 1 aromatic carbocycles. The van der Waals surface area contributed by atoms with Crippen LogP contribution in [0.5, 0.6) is 0 Å². The van der Waals surface area contributed by atoms with Crippen molar-refractivity contribution in [3.05, 3.63) is 24.3 Å². The minimum atomic E-state index is -3.43. The predicted molar refractivity (Wildman–Crippen MR) is 78.2 cm³/mol. The molecule has 0 amide bonds. The molecule has 0 bridgehead atoms. The smallest absolute Gasteiger partial charge is 0.331 e. The summed E-state index contributed by atoms with van der Waals surface area (Å²) in [4.78, 5) is 11.7. The molecule has 1 heterocycles. The van der Waals surface area contributed by atoms with Gasteiger partial charge in [-0.05, 0) is 18.6 Å². The molecule has 6 nitrogen and oxygen atoms in total. The zero-order valence-corrected chi connectivity index (χ0v) is 12.6. The monoisotopic (exact) mass is 313 g/mol. The van der Waals surface area contributed by atoms with E-state index in [0.717, 1.165) is 0 Å². The van der Waals surface area contributed by atoms with E-state index in [-0.39, 0.29) is 17.3 Å². The Kier molecular flexibility index (Phi) is 4.53. The van der Waals surface area contributed by atoms with Gasteiger partial charge in [-0.15, -0.1) is 0 Å². The van der Waals surface area contributed by atoms with E-state index in [4.69, 9.17) is 4.74 Å². The average molecular weight is 313 g/mol. The van der Waals surface area contributed by atoms with Gasteiger partial charge in [0.05, 0.1) is 22.9 Å². The Morgan fingerprint density at radius 1 is 1.43 bits per heavy atom. The highest BCUT2D eigenvalue weighted by molar-refractivity contribution is 7.91. The van der Waals surface area contributed by atoms with Crippen molar-refractivity contribution in [2.75, 3.05) is 24.3 Å². The molecule has 0 radical (unpaired) electrons. The summed E-state index contributed by atoms with van der Waals surface area (Å²) in [6.07, 6.45) is 0.800. The van der Waals surface area contributed by atoms with Crippen LogP contribution in [0.2, 0.25) is 0 Å². The van der Waals surface area contributed by atoms with Crippen LogP contribution in [0.15, 0.2) is 29.2 Å². The number of carbonyl (C=O) groups is 1. The maximum absolute atomic E-state index is 12.3. The number of nitrogens with one attached hydrogen (secondary N) is 1. The summed E-state index contributed by atoms with van der Waals surface area (Å²) in [6, 6.07) is 6.40. The van der Waals surface area contributed by atoms with Crippen LogP contribution in [0.3, 0.4) is 0 Å². The second-order valence-corrected chi connectivity index (χ2v) is 7.21. The molecule has 0 aliphatic carbocycles. The van der Waals surface area contributed by atoms with Crippen LogP contribution in [0.25, 0.3) is 0 Å². The number of sulfone groups is 1. The lowest BCUT2D eigenvalue weighted by atomic mass is 9.98. The largest absolute Gasteiger partial charge is 0.479 e. The van der Waals surface area contributed by atoms with Crippen molar-refractivity contribution >= 4 is 21.5 Å². The number of hydrogen-bond donors (Lipinski definition) is 2. The molecule has 1 unspecified atom stereocenters. The van der Waals surface area contributed by atoms with Crippen LogP contribution in [0.1, 0.15) is 19.8 Å². The fourth-order valence-corrected chi connectivity index (χ4v) is 3.86. The molecule has 1 aromatic rings. The minimum absolute atomic E-state index is 0.0183. The van der Waals surface area contributed by atoms with Crippen LogP contribution >= 0.6 is 0 Å². The lowest BCUT2D eigenvalue weighted by molar-refractivity contribution is -0.142. The van der Waals surface area contributed by atoms with Crippen molar-refractivity contribution in [3.8, 4) is 0 Å². The molecule has 1 fully saturated rings.